The number of aromatic nitrogens is 1. The van der Waals surface area contributed by atoms with E-state index in [9.17, 15) is 9.59 Å². The van der Waals surface area contributed by atoms with E-state index in [2.05, 4.69) is 25.8 Å². The maximum Gasteiger partial charge on any atom is 0.199 e. The number of nitrogens with one attached hydrogen (secondary N) is 1. The molecule has 0 aliphatic rings. The Hall–Kier alpha value is -1.90. The van der Waals surface area contributed by atoms with E-state index in [0.717, 1.165) is 11.1 Å². The highest BCUT2D eigenvalue weighted by molar-refractivity contribution is 5.86. The number of fused-ring (bicyclic) bond motifs is 1. The molecule has 0 saturated heterocycles. The minimum Gasteiger partial charge on any atom is -0.360 e. The quantitative estimate of drug-likeness (QED) is 0.764. The average Bonchev–Trinajstić information content (AvgIpc) is 2.28. The maximum absolute atomic E-state index is 12.0. The number of carbonyl (C=O) groups excluding carboxylic acids is 1. The summed E-state index contributed by atoms with van der Waals surface area (Å²) < 4.78 is 0. The molecule has 17 heavy (non-hydrogen) atoms. The largest absolute Gasteiger partial charge is 0.360 e. The molecule has 0 atom stereocenters. The maximum atomic E-state index is 12.0. The Morgan fingerprint density at radius 1 is 1.24 bits per heavy atom. The van der Waals surface area contributed by atoms with Crippen molar-refractivity contribution in [3.05, 3.63) is 45.7 Å². The molecule has 0 radical (unpaired) electrons. The second-order valence-corrected chi connectivity index (χ2v) is 5.20. The van der Waals surface area contributed by atoms with Crippen LogP contribution in [-0.2, 0) is 5.41 Å². The fourth-order valence-electron chi connectivity index (χ4n) is 1.79. The van der Waals surface area contributed by atoms with Crippen molar-refractivity contribution in [3.8, 4) is 0 Å². The van der Waals surface area contributed by atoms with Gasteiger partial charge in [-0.15, -0.1) is 0 Å². The van der Waals surface area contributed by atoms with E-state index in [1.807, 2.05) is 18.2 Å². The lowest BCUT2D eigenvalue weighted by molar-refractivity contribution is 0.112. The van der Waals surface area contributed by atoms with Crippen LogP contribution < -0.4 is 5.43 Å². The normalized spacial score (nSPS) is 11.7. The second kappa shape index (κ2) is 3.84. The number of rotatable bonds is 1. The first-order chi connectivity index (χ1) is 7.93. The lowest BCUT2D eigenvalue weighted by atomic mass is 9.86. The van der Waals surface area contributed by atoms with Gasteiger partial charge in [0, 0.05) is 17.1 Å². The Morgan fingerprint density at radius 2 is 1.94 bits per heavy atom. The van der Waals surface area contributed by atoms with Gasteiger partial charge < -0.3 is 4.98 Å². The molecule has 1 heterocycles. The Labute approximate surface area is 99.5 Å². The van der Waals surface area contributed by atoms with Crippen molar-refractivity contribution in [2.45, 2.75) is 26.2 Å². The molecule has 0 unspecified atom stereocenters. The van der Waals surface area contributed by atoms with Gasteiger partial charge in [0.1, 0.15) is 0 Å². The van der Waals surface area contributed by atoms with Crippen molar-refractivity contribution in [1.82, 2.24) is 4.98 Å². The highest BCUT2D eigenvalue weighted by atomic mass is 16.1. The minimum atomic E-state index is -0.208. The summed E-state index contributed by atoms with van der Waals surface area (Å²) in [7, 11) is 0. The molecule has 0 aliphatic carbocycles. The van der Waals surface area contributed by atoms with Crippen LogP contribution in [0.2, 0.25) is 0 Å². The summed E-state index contributed by atoms with van der Waals surface area (Å²) in [4.78, 5) is 25.7. The van der Waals surface area contributed by atoms with Crippen LogP contribution in [0.5, 0.6) is 0 Å². The Morgan fingerprint density at radius 3 is 2.53 bits per heavy atom. The van der Waals surface area contributed by atoms with Crippen molar-refractivity contribution in [2.75, 3.05) is 0 Å². The number of hydrogen-bond donors (Lipinski definition) is 1. The second-order valence-electron chi connectivity index (χ2n) is 5.20. The van der Waals surface area contributed by atoms with Gasteiger partial charge in [-0.1, -0.05) is 26.8 Å². The summed E-state index contributed by atoms with van der Waals surface area (Å²) in [5.74, 6) is 0. The number of aldehydes is 1. The van der Waals surface area contributed by atoms with Crippen molar-refractivity contribution < 1.29 is 4.79 Å². The van der Waals surface area contributed by atoms with E-state index in [4.69, 9.17) is 0 Å². The highest BCUT2D eigenvalue weighted by Crippen LogP contribution is 2.24. The molecule has 1 aromatic heterocycles. The summed E-state index contributed by atoms with van der Waals surface area (Å²) in [5, 5.41) is 0.571. The molecule has 2 rings (SSSR count). The molecular formula is C14H15NO2. The molecule has 1 N–H and O–H groups in total. The molecule has 0 spiro atoms. The third-order valence-corrected chi connectivity index (χ3v) is 2.90. The van der Waals surface area contributed by atoms with Gasteiger partial charge in [0.05, 0.1) is 5.56 Å². The van der Waals surface area contributed by atoms with Crippen LogP contribution in [0, 0.1) is 0 Å². The smallest absolute Gasteiger partial charge is 0.199 e. The van der Waals surface area contributed by atoms with Crippen LogP contribution in [0.15, 0.2) is 29.2 Å². The first kappa shape index (κ1) is 11.6. The molecule has 2 aromatic rings. The van der Waals surface area contributed by atoms with E-state index in [1.54, 1.807) is 0 Å². The predicted molar refractivity (Wildman–Crippen MR) is 68.7 cm³/mol. The van der Waals surface area contributed by atoms with Crippen LogP contribution in [0.1, 0.15) is 36.7 Å². The predicted octanol–water partition coefficient (Wildman–Crippen LogP) is 2.64. The first-order valence-electron chi connectivity index (χ1n) is 5.54. The molecule has 0 amide bonds. The van der Waals surface area contributed by atoms with Gasteiger partial charge in [-0.05, 0) is 23.1 Å². The Bertz CT molecular complexity index is 633. The zero-order valence-electron chi connectivity index (χ0n) is 10.2. The third-order valence-electron chi connectivity index (χ3n) is 2.90. The zero-order valence-corrected chi connectivity index (χ0v) is 10.2. The van der Waals surface area contributed by atoms with Gasteiger partial charge in [-0.2, -0.15) is 0 Å². The standard InChI is InChI=1S/C14H15NO2/c1-14(2,3)10-4-5-12-11(6-10)13(17)9(8-16)7-15-12/h4-8H,1-3H3,(H,15,17). The molecule has 1 aromatic carbocycles. The molecule has 0 bridgehead atoms. The summed E-state index contributed by atoms with van der Waals surface area (Å²) in [5.41, 5.74) is 1.79. The average molecular weight is 229 g/mol. The lowest BCUT2D eigenvalue weighted by Crippen LogP contribution is -2.14. The minimum absolute atomic E-state index is 0.0161. The van der Waals surface area contributed by atoms with E-state index in [-0.39, 0.29) is 16.4 Å². The molecule has 0 fully saturated rings. The fourth-order valence-corrected chi connectivity index (χ4v) is 1.79. The summed E-state index contributed by atoms with van der Waals surface area (Å²) in [6.45, 7) is 6.27. The van der Waals surface area contributed by atoms with Crippen molar-refractivity contribution in [1.29, 1.82) is 0 Å². The van der Waals surface area contributed by atoms with Crippen LogP contribution in [-0.4, -0.2) is 11.3 Å². The van der Waals surface area contributed by atoms with Gasteiger partial charge in [0.25, 0.3) is 0 Å². The first-order valence-corrected chi connectivity index (χ1v) is 5.54. The molecule has 0 saturated carbocycles. The van der Waals surface area contributed by atoms with Crippen LogP contribution in [0.3, 0.4) is 0 Å². The monoisotopic (exact) mass is 229 g/mol. The summed E-state index contributed by atoms with van der Waals surface area (Å²) in [6, 6.07) is 5.74. The zero-order chi connectivity index (χ0) is 12.6. The third kappa shape index (κ3) is 2.00. The van der Waals surface area contributed by atoms with Gasteiger partial charge in [0.2, 0.25) is 0 Å². The number of aromatic amines is 1. The van der Waals surface area contributed by atoms with Crippen LogP contribution in [0.25, 0.3) is 10.9 Å². The SMILES string of the molecule is CC(C)(C)c1ccc2[nH]cc(C=O)c(=O)c2c1. The topological polar surface area (TPSA) is 49.9 Å². The van der Waals surface area contributed by atoms with Gasteiger partial charge in [0.15, 0.2) is 11.7 Å². The van der Waals surface area contributed by atoms with E-state index < -0.39 is 0 Å². The summed E-state index contributed by atoms with van der Waals surface area (Å²) in [6.07, 6.45) is 2.04. The van der Waals surface area contributed by atoms with Gasteiger partial charge in [-0.25, -0.2) is 0 Å². The van der Waals surface area contributed by atoms with Crippen LogP contribution in [0.4, 0.5) is 0 Å². The fraction of sp³-hybridized carbons (Fsp3) is 0.286. The highest BCUT2D eigenvalue weighted by Gasteiger charge is 2.15. The Kier molecular flexibility index (Phi) is 2.62. The number of hydrogen-bond acceptors (Lipinski definition) is 2. The van der Waals surface area contributed by atoms with E-state index in [0.29, 0.717) is 11.7 Å². The van der Waals surface area contributed by atoms with Crippen molar-refractivity contribution >= 4 is 17.2 Å². The molecule has 88 valence electrons. The van der Waals surface area contributed by atoms with Crippen molar-refractivity contribution in [2.24, 2.45) is 0 Å². The van der Waals surface area contributed by atoms with Crippen LogP contribution >= 0.6 is 0 Å². The molecule has 3 nitrogen and oxygen atoms in total. The van der Waals surface area contributed by atoms with E-state index in [1.165, 1.54) is 6.20 Å². The number of pyridine rings is 1. The Balaban J connectivity index is 2.80. The summed E-state index contributed by atoms with van der Waals surface area (Å²) >= 11 is 0. The number of H-pyrrole nitrogens is 1. The van der Waals surface area contributed by atoms with Gasteiger partial charge >= 0.3 is 0 Å². The molecule has 0 aliphatic heterocycles. The number of carbonyl (C=O) groups is 1. The van der Waals surface area contributed by atoms with Crippen molar-refractivity contribution in [3.63, 3.8) is 0 Å². The lowest BCUT2D eigenvalue weighted by Gasteiger charge is -2.19. The number of benzene rings is 1. The van der Waals surface area contributed by atoms with Gasteiger partial charge in [-0.3, -0.25) is 9.59 Å². The molecule has 3 heteroatoms. The molecular weight excluding hydrogens is 214 g/mol. The van der Waals surface area contributed by atoms with E-state index >= 15 is 0 Å².